The Morgan fingerprint density at radius 3 is 3.22 bits per heavy atom. The maximum atomic E-state index is 5.90. The molecule has 6 heteroatoms. The SMILES string of the molecule is CC1(CNc2nc3ccc(Cl)cn3n2)CCCO1. The van der Waals surface area contributed by atoms with Gasteiger partial charge in [0.1, 0.15) is 0 Å². The minimum Gasteiger partial charge on any atom is -0.373 e. The molecule has 0 saturated carbocycles. The van der Waals surface area contributed by atoms with Gasteiger partial charge in [-0.2, -0.15) is 4.98 Å². The largest absolute Gasteiger partial charge is 0.373 e. The topological polar surface area (TPSA) is 51.5 Å². The Bertz CT molecular complexity index is 562. The highest BCUT2D eigenvalue weighted by Crippen LogP contribution is 2.25. The van der Waals surface area contributed by atoms with E-state index in [0.29, 0.717) is 11.0 Å². The maximum Gasteiger partial charge on any atom is 0.243 e. The molecule has 1 N–H and O–H groups in total. The van der Waals surface area contributed by atoms with Gasteiger partial charge in [-0.05, 0) is 31.9 Å². The average molecular weight is 267 g/mol. The van der Waals surface area contributed by atoms with Gasteiger partial charge in [-0.25, -0.2) is 4.52 Å². The molecule has 1 saturated heterocycles. The molecule has 5 nitrogen and oxygen atoms in total. The molecule has 0 spiro atoms. The van der Waals surface area contributed by atoms with Crippen LogP contribution < -0.4 is 5.32 Å². The molecule has 3 rings (SSSR count). The van der Waals surface area contributed by atoms with Gasteiger partial charge in [-0.3, -0.25) is 0 Å². The molecule has 1 atom stereocenters. The van der Waals surface area contributed by atoms with Crippen LogP contribution >= 0.6 is 11.6 Å². The summed E-state index contributed by atoms with van der Waals surface area (Å²) in [5.74, 6) is 0.606. The van der Waals surface area contributed by atoms with Gasteiger partial charge in [-0.1, -0.05) is 11.6 Å². The number of hydrogen-bond donors (Lipinski definition) is 1. The van der Waals surface area contributed by atoms with Gasteiger partial charge in [0.25, 0.3) is 0 Å². The van der Waals surface area contributed by atoms with Crippen LogP contribution in [0.1, 0.15) is 19.8 Å². The quantitative estimate of drug-likeness (QED) is 0.927. The van der Waals surface area contributed by atoms with Crippen molar-refractivity contribution >= 4 is 23.2 Å². The first kappa shape index (κ1) is 11.7. The smallest absolute Gasteiger partial charge is 0.243 e. The van der Waals surface area contributed by atoms with Crippen LogP contribution in [-0.2, 0) is 4.74 Å². The first-order chi connectivity index (χ1) is 8.65. The molecule has 0 bridgehead atoms. The molecule has 0 radical (unpaired) electrons. The number of halogens is 1. The fourth-order valence-corrected chi connectivity index (χ4v) is 2.33. The second-order valence-corrected chi connectivity index (χ2v) is 5.28. The van der Waals surface area contributed by atoms with Gasteiger partial charge in [-0.15, -0.1) is 5.10 Å². The molecule has 1 fully saturated rings. The highest BCUT2D eigenvalue weighted by Gasteiger charge is 2.29. The van der Waals surface area contributed by atoms with Crippen LogP contribution in [-0.4, -0.2) is 33.4 Å². The van der Waals surface area contributed by atoms with Crippen molar-refractivity contribution in [3.05, 3.63) is 23.4 Å². The lowest BCUT2D eigenvalue weighted by Gasteiger charge is -2.22. The summed E-state index contributed by atoms with van der Waals surface area (Å²) in [6.07, 6.45) is 3.93. The average Bonchev–Trinajstić information content (AvgIpc) is 2.93. The standard InChI is InChI=1S/C12H15ClN4O/c1-12(5-2-6-18-12)8-14-11-15-10-4-3-9(13)7-17(10)16-11/h3-4,7H,2,5-6,8H2,1H3,(H,14,16). The van der Waals surface area contributed by atoms with E-state index in [1.54, 1.807) is 16.8 Å². The zero-order valence-corrected chi connectivity index (χ0v) is 10.9. The van der Waals surface area contributed by atoms with E-state index in [1.165, 1.54) is 0 Å². The summed E-state index contributed by atoms with van der Waals surface area (Å²) in [4.78, 5) is 4.37. The zero-order valence-electron chi connectivity index (χ0n) is 10.2. The normalized spacial score (nSPS) is 23.7. The summed E-state index contributed by atoms with van der Waals surface area (Å²) in [5, 5.41) is 8.19. The molecule has 1 aliphatic heterocycles. The Morgan fingerprint density at radius 1 is 1.56 bits per heavy atom. The molecule has 96 valence electrons. The molecule has 3 heterocycles. The molecule has 0 aromatic carbocycles. The van der Waals surface area contributed by atoms with Crippen LogP contribution in [0.25, 0.3) is 5.65 Å². The van der Waals surface area contributed by atoms with Gasteiger partial charge in [0, 0.05) is 19.3 Å². The second kappa shape index (κ2) is 4.40. The Morgan fingerprint density at radius 2 is 2.44 bits per heavy atom. The number of ether oxygens (including phenoxy) is 1. The first-order valence-corrected chi connectivity index (χ1v) is 6.42. The Balaban J connectivity index is 1.74. The van der Waals surface area contributed by atoms with Gasteiger partial charge < -0.3 is 10.1 Å². The van der Waals surface area contributed by atoms with Crippen LogP contribution in [0.15, 0.2) is 18.3 Å². The van der Waals surface area contributed by atoms with Crippen LogP contribution in [0.3, 0.4) is 0 Å². The summed E-state index contributed by atoms with van der Waals surface area (Å²) < 4.78 is 7.38. The highest BCUT2D eigenvalue weighted by atomic mass is 35.5. The third-order valence-corrected chi connectivity index (χ3v) is 3.44. The van der Waals surface area contributed by atoms with E-state index in [9.17, 15) is 0 Å². The fraction of sp³-hybridized carbons (Fsp3) is 0.500. The van der Waals surface area contributed by atoms with Crippen LogP contribution in [0.5, 0.6) is 0 Å². The first-order valence-electron chi connectivity index (χ1n) is 6.04. The van der Waals surface area contributed by atoms with Crippen molar-refractivity contribution in [3.8, 4) is 0 Å². The molecule has 1 unspecified atom stereocenters. The number of rotatable bonds is 3. The molecule has 2 aromatic heterocycles. The highest BCUT2D eigenvalue weighted by molar-refractivity contribution is 6.30. The van der Waals surface area contributed by atoms with Crippen molar-refractivity contribution in [1.29, 1.82) is 0 Å². The Kier molecular flexibility index (Phi) is 2.87. The van der Waals surface area contributed by atoms with Gasteiger partial charge in [0.2, 0.25) is 5.95 Å². The molecule has 18 heavy (non-hydrogen) atoms. The minimum atomic E-state index is -0.102. The number of anilines is 1. The molecule has 2 aromatic rings. The molecule has 0 amide bonds. The number of hydrogen-bond acceptors (Lipinski definition) is 4. The Hall–Kier alpha value is -1.33. The van der Waals surface area contributed by atoms with E-state index in [0.717, 1.165) is 31.6 Å². The van der Waals surface area contributed by atoms with Gasteiger partial charge in [0.15, 0.2) is 5.65 Å². The second-order valence-electron chi connectivity index (χ2n) is 4.84. The van der Waals surface area contributed by atoms with E-state index in [-0.39, 0.29) is 5.60 Å². The Labute approximate surface area is 110 Å². The van der Waals surface area contributed by atoms with Crippen LogP contribution in [0.4, 0.5) is 5.95 Å². The van der Waals surface area contributed by atoms with E-state index in [1.807, 2.05) is 6.07 Å². The van der Waals surface area contributed by atoms with Crippen LogP contribution in [0, 0.1) is 0 Å². The predicted molar refractivity (Wildman–Crippen MR) is 70.1 cm³/mol. The van der Waals surface area contributed by atoms with E-state index in [2.05, 4.69) is 22.3 Å². The van der Waals surface area contributed by atoms with E-state index in [4.69, 9.17) is 16.3 Å². The summed E-state index contributed by atoms with van der Waals surface area (Å²) in [6, 6.07) is 3.64. The number of fused-ring (bicyclic) bond motifs is 1. The van der Waals surface area contributed by atoms with E-state index >= 15 is 0 Å². The monoisotopic (exact) mass is 266 g/mol. The number of nitrogens with one attached hydrogen (secondary N) is 1. The van der Waals surface area contributed by atoms with Crippen molar-refractivity contribution in [1.82, 2.24) is 14.6 Å². The van der Waals surface area contributed by atoms with Crippen molar-refractivity contribution in [3.63, 3.8) is 0 Å². The molecule has 1 aliphatic rings. The summed E-state index contributed by atoms with van der Waals surface area (Å²) in [5.41, 5.74) is 0.675. The van der Waals surface area contributed by atoms with Crippen molar-refractivity contribution in [2.24, 2.45) is 0 Å². The van der Waals surface area contributed by atoms with Crippen molar-refractivity contribution < 1.29 is 4.74 Å². The molecular weight excluding hydrogens is 252 g/mol. The van der Waals surface area contributed by atoms with E-state index < -0.39 is 0 Å². The lowest BCUT2D eigenvalue weighted by atomic mass is 10.0. The summed E-state index contributed by atoms with van der Waals surface area (Å²) >= 11 is 5.90. The third kappa shape index (κ3) is 2.28. The van der Waals surface area contributed by atoms with Crippen molar-refractivity contribution in [2.75, 3.05) is 18.5 Å². The zero-order chi connectivity index (χ0) is 12.6. The summed E-state index contributed by atoms with van der Waals surface area (Å²) in [7, 11) is 0. The van der Waals surface area contributed by atoms with Gasteiger partial charge in [0.05, 0.1) is 10.6 Å². The van der Waals surface area contributed by atoms with Crippen LogP contribution in [0.2, 0.25) is 5.02 Å². The fourth-order valence-electron chi connectivity index (χ4n) is 2.18. The lowest BCUT2D eigenvalue weighted by molar-refractivity contribution is 0.0314. The number of pyridine rings is 1. The minimum absolute atomic E-state index is 0.102. The third-order valence-electron chi connectivity index (χ3n) is 3.22. The van der Waals surface area contributed by atoms with Crippen molar-refractivity contribution in [2.45, 2.75) is 25.4 Å². The predicted octanol–water partition coefficient (Wildman–Crippen LogP) is 2.36. The lowest BCUT2D eigenvalue weighted by Crippen LogP contribution is -2.32. The molecule has 0 aliphatic carbocycles. The molecular formula is C12H15ClN4O. The maximum absolute atomic E-state index is 5.90. The number of aromatic nitrogens is 3. The summed E-state index contributed by atoms with van der Waals surface area (Å²) in [6.45, 7) is 3.67. The van der Waals surface area contributed by atoms with Gasteiger partial charge >= 0.3 is 0 Å². The number of nitrogens with zero attached hydrogens (tertiary/aromatic N) is 3.